The van der Waals surface area contributed by atoms with Gasteiger partial charge in [-0.1, -0.05) is 18.2 Å². The highest BCUT2D eigenvalue weighted by molar-refractivity contribution is 5.81. The summed E-state index contributed by atoms with van der Waals surface area (Å²) in [6, 6.07) is 10.4. The Bertz CT molecular complexity index is 1360. The molecule has 1 saturated heterocycles. The van der Waals surface area contributed by atoms with E-state index >= 15 is 0 Å². The molecule has 2 fully saturated rings. The van der Waals surface area contributed by atoms with E-state index in [1.807, 2.05) is 53.0 Å². The lowest BCUT2D eigenvalue weighted by Crippen LogP contribution is -2.32. The summed E-state index contributed by atoms with van der Waals surface area (Å²) in [5, 5.41) is 4.60. The van der Waals surface area contributed by atoms with Crippen molar-refractivity contribution in [2.45, 2.75) is 45.8 Å². The number of para-hydroxylation sites is 1. The zero-order valence-corrected chi connectivity index (χ0v) is 19.4. The molecule has 1 unspecified atom stereocenters. The standard InChI is InChI=1S/C25H27N7O2/c1-3-31-22(20-13-27-32(16(20)2)18-7-5-4-6-8-18)28-21-14-26-25(29-23(21)31)34-19-11-12-30(15-19)24(33)17-9-10-17/h4-8,13-14,17,19H,3,9-12,15H2,1-2H3. The van der Waals surface area contributed by atoms with E-state index < -0.39 is 0 Å². The van der Waals surface area contributed by atoms with Gasteiger partial charge in [-0.3, -0.25) is 4.79 Å². The third-order valence-corrected chi connectivity index (χ3v) is 6.69. The van der Waals surface area contributed by atoms with Gasteiger partial charge in [0.15, 0.2) is 5.65 Å². The van der Waals surface area contributed by atoms with Gasteiger partial charge in [-0.15, -0.1) is 0 Å². The van der Waals surface area contributed by atoms with E-state index in [1.54, 1.807) is 6.20 Å². The fourth-order valence-electron chi connectivity index (χ4n) is 4.69. The lowest BCUT2D eigenvalue weighted by molar-refractivity contribution is -0.131. The fraction of sp³-hybridized carbons (Fsp3) is 0.400. The van der Waals surface area contributed by atoms with Crippen molar-refractivity contribution in [3.63, 3.8) is 0 Å². The highest BCUT2D eigenvalue weighted by Gasteiger charge is 2.37. The van der Waals surface area contributed by atoms with Crippen molar-refractivity contribution in [3.8, 4) is 23.1 Å². The van der Waals surface area contributed by atoms with Gasteiger partial charge < -0.3 is 14.2 Å². The highest BCUT2D eigenvalue weighted by Crippen LogP contribution is 2.33. The maximum Gasteiger partial charge on any atom is 0.318 e. The molecule has 1 aliphatic heterocycles. The number of benzene rings is 1. The molecule has 9 nitrogen and oxygen atoms in total. The van der Waals surface area contributed by atoms with Crippen molar-refractivity contribution in [1.29, 1.82) is 0 Å². The topological polar surface area (TPSA) is 91.0 Å². The monoisotopic (exact) mass is 457 g/mol. The Kier molecular flexibility index (Phi) is 5.04. The maximum absolute atomic E-state index is 12.3. The van der Waals surface area contributed by atoms with E-state index in [-0.39, 0.29) is 17.9 Å². The van der Waals surface area contributed by atoms with Gasteiger partial charge >= 0.3 is 6.01 Å². The summed E-state index contributed by atoms with van der Waals surface area (Å²) < 4.78 is 10.1. The van der Waals surface area contributed by atoms with Crippen LogP contribution in [0.5, 0.6) is 6.01 Å². The molecule has 1 saturated carbocycles. The zero-order valence-electron chi connectivity index (χ0n) is 19.4. The van der Waals surface area contributed by atoms with Gasteiger partial charge in [0.2, 0.25) is 5.91 Å². The summed E-state index contributed by atoms with van der Waals surface area (Å²) in [6.45, 7) is 6.16. The van der Waals surface area contributed by atoms with E-state index in [0.29, 0.717) is 24.6 Å². The average molecular weight is 458 g/mol. The van der Waals surface area contributed by atoms with Crippen molar-refractivity contribution >= 4 is 17.1 Å². The number of ether oxygens (including phenoxy) is 1. The fourth-order valence-corrected chi connectivity index (χ4v) is 4.69. The first kappa shape index (κ1) is 20.8. The summed E-state index contributed by atoms with van der Waals surface area (Å²) in [6.07, 6.45) is 6.33. The third-order valence-electron chi connectivity index (χ3n) is 6.69. The molecule has 4 heterocycles. The Hall–Kier alpha value is -3.75. The van der Waals surface area contributed by atoms with Crippen LogP contribution in [0.4, 0.5) is 0 Å². The van der Waals surface area contributed by atoms with Crippen molar-refractivity contribution in [1.82, 2.24) is 34.2 Å². The van der Waals surface area contributed by atoms with E-state index in [4.69, 9.17) is 14.7 Å². The molecule has 3 aromatic heterocycles. The SMILES string of the molecule is CCn1c(-c2cnn(-c3ccccc3)c2C)nc2cnc(OC3CCN(C(=O)C4CC4)C3)nc21. The van der Waals surface area contributed by atoms with Gasteiger partial charge in [0, 0.05) is 25.4 Å². The van der Waals surface area contributed by atoms with Crippen molar-refractivity contribution < 1.29 is 9.53 Å². The molecular formula is C25H27N7O2. The van der Waals surface area contributed by atoms with Gasteiger partial charge in [-0.2, -0.15) is 10.1 Å². The van der Waals surface area contributed by atoms with Crippen LogP contribution in [0.3, 0.4) is 0 Å². The van der Waals surface area contributed by atoms with Crippen LogP contribution in [0.1, 0.15) is 31.9 Å². The van der Waals surface area contributed by atoms with Crippen molar-refractivity contribution in [2.75, 3.05) is 13.1 Å². The van der Waals surface area contributed by atoms with Crippen LogP contribution in [-0.4, -0.2) is 59.3 Å². The third kappa shape index (κ3) is 3.61. The molecule has 6 rings (SSSR count). The van der Waals surface area contributed by atoms with Crippen molar-refractivity contribution in [3.05, 3.63) is 48.4 Å². The summed E-state index contributed by atoms with van der Waals surface area (Å²) in [5.74, 6) is 1.31. The van der Waals surface area contributed by atoms with Crippen LogP contribution < -0.4 is 4.74 Å². The normalized spacial score (nSPS) is 18.1. The molecule has 0 bridgehead atoms. The number of aromatic nitrogens is 6. The number of nitrogens with zero attached hydrogens (tertiary/aromatic N) is 7. The average Bonchev–Trinajstić information content (AvgIpc) is 3.33. The second kappa shape index (κ2) is 8.23. The van der Waals surface area contributed by atoms with Gasteiger partial charge in [0.05, 0.1) is 35.9 Å². The first-order valence-electron chi connectivity index (χ1n) is 11.9. The number of fused-ring (bicyclic) bond motifs is 1. The minimum atomic E-state index is -0.0797. The Morgan fingerprint density at radius 2 is 1.94 bits per heavy atom. The second-order valence-corrected chi connectivity index (χ2v) is 9.02. The number of hydrogen-bond acceptors (Lipinski definition) is 6. The number of likely N-dealkylation sites (tertiary alicyclic amines) is 1. The molecule has 0 N–H and O–H groups in total. The van der Waals surface area contributed by atoms with E-state index in [2.05, 4.69) is 21.6 Å². The van der Waals surface area contributed by atoms with Gasteiger partial charge in [0.25, 0.3) is 0 Å². The molecule has 1 atom stereocenters. The molecule has 34 heavy (non-hydrogen) atoms. The summed E-state index contributed by atoms with van der Waals surface area (Å²) in [4.78, 5) is 28.2. The van der Waals surface area contributed by atoms with Crippen LogP contribution in [0.2, 0.25) is 0 Å². The van der Waals surface area contributed by atoms with Crippen molar-refractivity contribution in [2.24, 2.45) is 5.92 Å². The summed E-state index contributed by atoms with van der Waals surface area (Å²) in [5.41, 5.74) is 4.42. The molecule has 0 spiro atoms. The summed E-state index contributed by atoms with van der Waals surface area (Å²) in [7, 11) is 0. The van der Waals surface area contributed by atoms with Gasteiger partial charge in [-0.05, 0) is 38.8 Å². The zero-order chi connectivity index (χ0) is 23.2. The van der Waals surface area contributed by atoms with Crippen LogP contribution in [0.15, 0.2) is 42.7 Å². The van der Waals surface area contributed by atoms with E-state index in [0.717, 1.165) is 54.2 Å². The largest absolute Gasteiger partial charge is 0.458 e. The number of aryl methyl sites for hydroxylation is 1. The first-order valence-corrected chi connectivity index (χ1v) is 11.9. The minimum Gasteiger partial charge on any atom is -0.458 e. The molecule has 9 heteroatoms. The molecule has 2 aliphatic rings. The number of carbonyl (C=O) groups is 1. The Labute approximate surface area is 197 Å². The highest BCUT2D eigenvalue weighted by atomic mass is 16.5. The maximum atomic E-state index is 12.3. The van der Waals surface area contributed by atoms with E-state index in [1.165, 1.54) is 0 Å². The number of rotatable bonds is 6. The second-order valence-electron chi connectivity index (χ2n) is 9.02. The lowest BCUT2D eigenvalue weighted by Gasteiger charge is -2.16. The van der Waals surface area contributed by atoms with Crippen LogP contribution in [0, 0.1) is 12.8 Å². The van der Waals surface area contributed by atoms with Gasteiger partial charge in [-0.25, -0.2) is 14.6 Å². The predicted octanol–water partition coefficient (Wildman–Crippen LogP) is 3.40. The van der Waals surface area contributed by atoms with Gasteiger partial charge in [0.1, 0.15) is 17.4 Å². The molecule has 0 radical (unpaired) electrons. The number of carbonyl (C=O) groups excluding carboxylic acids is 1. The first-order chi connectivity index (χ1) is 16.6. The molecule has 174 valence electrons. The van der Waals surface area contributed by atoms with Crippen LogP contribution >= 0.6 is 0 Å². The molecular weight excluding hydrogens is 430 g/mol. The molecule has 1 aliphatic carbocycles. The van der Waals surface area contributed by atoms with Crippen LogP contribution in [-0.2, 0) is 11.3 Å². The molecule has 4 aromatic rings. The molecule has 1 amide bonds. The minimum absolute atomic E-state index is 0.0797. The van der Waals surface area contributed by atoms with Crippen LogP contribution in [0.25, 0.3) is 28.2 Å². The Morgan fingerprint density at radius 3 is 2.71 bits per heavy atom. The smallest absolute Gasteiger partial charge is 0.318 e. The number of hydrogen-bond donors (Lipinski definition) is 0. The van der Waals surface area contributed by atoms with E-state index in [9.17, 15) is 4.79 Å². The predicted molar refractivity (Wildman–Crippen MR) is 127 cm³/mol. The quantitative estimate of drug-likeness (QED) is 0.441. The molecule has 1 aromatic carbocycles. The Balaban J connectivity index is 1.28. The summed E-state index contributed by atoms with van der Waals surface area (Å²) >= 11 is 0. The Morgan fingerprint density at radius 1 is 1.12 bits per heavy atom. The lowest BCUT2D eigenvalue weighted by atomic mass is 10.2. The number of amides is 1. The number of imidazole rings is 1.